The summed E-state index contributed by atoms with van der Waals surface area (Å²) in [5, 5.41) is 30.3. The SMILES string of the molecule is CC(C)Oc1cc(-n2nc(C(C)(C)C)oc2=O)c(Cl)cc1Cl.CCC(CC)Nc1c([N+](=O)[O-])cc(C)c(C)c1[N+](=O)[O-]. The fourth-order valence-corrected chi connectivity index (χ4v) is 4.36. The lowest BCUT2D eigenvalue weighted by molar-refractivity contribution is -0.392. The van der Waals surface area contributed by atoms with Gasteiger partial charge in [-0.1, -0.05) is 57.8 Å². The van der Waals surface area contributed by atoms with Crippen molar-refractivity contribution in [2.24, 2.45) is 0 Å². The van der Waals surface area contributed by atoms with E-state index in [0.29, 0.717) is 33.5 Å². The lowest BCUT2D eigenvalue weighted by Crippen LogP contribution is -2.19. The largest absolute Gasteiger partial charge is 0.489 e. The second-order valence-electron chi connectivity index (χ2n) is 11.0. The molecule has 0 aliphatic rings. The predicted octanol–water partition coefficient (Wildman–Crippen LogP) is 7.94. The number of rotatable bonds is 9. The van der Waals surface area contributed by atoms with Gasteiger partial charge in [0.15, 0.2) is 5.69 Å². The van der Waals surface area contributed by atoms with Crippen LogP contribution < -0.4 is 15.8 Å². The van der Waals surface area contributed by atoms with Crippen LogP contribution in [-0.2, 0) is 5.41 Å². The summed E-state index contributed by atoms with van der Waals surface area (Å²) in [6, 6.07) is 4.46. The topological polar surface area (TPSA) is 156 Å². The Kier molecular flexibility index (Phi) is 11.5. The summed E-state index contributed by atoms with van der Waals surface area (Å²) in [7, 11) is 0. The molecule has 0 amide bonds. The molecule has 230 valence electrons. The van der Waals surface area contributed by atoms with Crippen LogP contribution in [0.3, 0.4) is 0 Å². The highest BCUT2D eigenvalue weighted by Crippen LogP contribution is 2.39. The van der Waals surface area contributed by atoms with Crippen molar-refractivity contribution >= 4 is 40.3 Å². The van der Waals surface area contributed by atoms with Crippen LogP contribution in [0.1, 0.15) is 78.3 Å². The van der Waals surface area contributed by atoms with E-state index in [-0.39, 0.29) is 39.6 Å². The number of anilines is 1. The standard InChI is InChI=1S/C15H18Cl2N2O3.C13H19N3O4/c1-8(2)21-12-7-11(9(16)6-10(12)17)19-14(20)22-13(18-19)15(3,4)5;1-5-10(6-2)14-12-11(15(17)18)7-8(3)9(4)13(12)16(19)20/h6-8H,1-5H3;7,10,14H,5-6H2,1-4H3. The maximum Gasteiger partial charge on any atom is 0.442 e. The number of hydrogen-bond acceptors (Lipinski definition) is 9. The Morgan fingerprint density at radius 3 is 2.10 bits per heavy atom. The summed E-state index contributed by atoms with van der Waals surface area (Å²) in [6.45, 7) is 16.6. The average molecular weight is 627 g/mol. The van der Waals surface area contributed by atoms with Crippen LogP contribution in [0.25, 0.3) is 5.69 Å². The Bertz CT molecular complexity index is 1510. The lowest BCUT2D eigenvalue weighted by atomic mass is 9.97. The summed E-state index contributed by atoms with van der Waals surface area (Å²) in [5.41, 5.74) is 0.534. The molecule has 0 bridgehead atoms. The van der Waals surface area contributed by atoms with E-state index in [0.717, 1.165) is 17.5 Å². The summed E-state index contributed by atoms with van der Waals surface area (Å²) in [5.74, 6) is 0.155. The van der Waals surface area contributed by atoms with Crippen LogP contribution in [0.5, 0.6) is 5.75 Å². The molecule has 0 atom stereocenters. The van der Waals surface area contributed by atoms with Gasteiger partial charge in [-0.15, -0.1) is 5.10 Å². The van der Waals surface area contributed by atoms with Crippen LogP contribution in [0.2, 0.25) is 10.0 Å². The van der Waals surface area contributed by atoms with E-state index in [1.165, 1.54) is 12.1 Å². The Hall–Kier alpha value is -3.64. The Balaban J connectivity index is 0.000000295. The minimum Gasteiger partial charge on any atom is -0.489 e. The van der Waals surface area contributed by atoms with Gasteiger partial charge in [0, 0.05) is 29.2 Å². The van der Waals surface area contributed by atoms with Crippen LogP contribution >= 0.6 is 23.2 Å². The van der Waals surface area contributed by atoms with Crippen molar-refractivity contribution in [1.29, 1.82) is 0 Å². The Morgan fingerprint density at radius 2 is 1.64 bits per heavy atom. The first-order chi connectivity index (χ1) is 19.4. The van der Waals surface area contributed by atoms with Gasteiger partial charge in [-0.3, -0.25) is 20.2 Å². The van der Waals surface area contributed by atoms with Crippen LogP contribution in [-0.4, -0.2) is 31.8 Å². The first-order valence-corrected chi connectivity index (χ1v) is 14.1. The molecule has 1 heterocycles. The van der Waals surface area contributed by atoms with E-state index in [1.807, 2.05) is 48.5 Å². The molecule has 0 fully saturated rings. The number of aryl methyl sites for hydroxylation is 1. The third kappa shape index (κ3) is 8.22. The highest BCUT2D eigenvalue weighted by atomic mass is 35.5. The number of nitro benzene ring substituents is 2. The van der Waals surface area contributed by atoms with E-state index in [4.69, 9.17) is 32.4 Å². The summed E-state index contributed by atoms with van der Waals surface area (Å²) in [4.78, 5) is 33.4. The van der Waals surface area contributed by atoms with Gasteiger partial charge >= 0.3 is 11.4 Å². The number of ether oxygens (including phenoxy) is 1. The number of aromatic nitrogens is 2. The minimum atomic E-state index is -0.607. The van der Waals surface area contributed by atoms with Gasteiger partial charge in [0.1, 0.15) is 5.75 Å². The van der Waals surface area contributed by atoms with E-state index >= 15 is 0 Å². The van der Waals surface area contributed by atoms with Gasteiger partial charge in [0.05, 0.1) is 31.7 Å². The fraction of sp³-hybridized carbons (Fsp3) is 0.500. The monoisotopic (exact) mass is 625 g/mol. The predicted molar refractivity (Wildman–Crippen MR) is 164 cm³/mol. The first-order valence-electron chi connectivity index (χ1n) is 13.4. The molecule has 0 aliphatic carbocycles. The Labute approximate surface area is 254 Å². The molecule has 0 spiro atoms. The third-order valence-corrected chi connectivity index (χ3v) is 6.89. The molecular weight excluding hydrogens is 589 g/mol. The van der Waals surface area contributed by atoms with Gasteiger partial charge in [0.25, 0.3) is 5.69 Å². The summed E-state index contributed by atoms with van der Waals surface area (Å²) < 4.78 is 11.9. The van der Waals surface area contributed by atoms with Gasteiger partial charge < -0.3 is 14.5 Å². The minimum absolute atomic E-state index is 0.0109. The maximum absolute atomic E-state index is 12.1. The zero-order chi connectivity index (χ0) is 32.1. The number of nitro groups is 2. The average Bonchev–Trinajstić information content (AvgIpc) is 3.27. The van der Waals surface area contributed by atoms with Gasteiger partial charge in [-0.2, -0.15) is 4.68 Å². The fourth-order valence-electron chi connectivity index (χ4n) is 3.85. The van der Waals surface area contributed by atoms with Crippen LogP contribution in [0.4, 0.5) is 17.1 Å². The number of halogens is 2. The van der Waals surface area contributed by atoms with Crippen LogP contribution in [0, 0.1) is 34.1 Å². The lowest BCUT2D eigenvalue weighted by Gasteiger charge is -2.17. The molecule has 3 rings (SSSR count). The molecule has 2 aromatic carbocycles. The number of nitrogens with one attached hydrogen (secondary N) is 1. The number of nitrogens with zero attached hydrogens (tertiary/aromatic N) is 4. The van der Waals surface area contributed by atoms with E-state index in [2.05, 4.69) is 10.4 Å². The molecule has 42 heavy (non-hydrogen) atoms. The molecule has 3 aromatic rings. The molecule has 12 nitrogen and oxygen atoms in total. The van der Waals surface area contributed by atoms with Crippen molar-refractivity contribution in [3.63, 3.8) is 0 Å². The molecule has 0 saturated carbocycles. The molecule has 1 N–H and O–H groups in total. The van der Waals surface area contributed by atoms with Crippen molar-refractivity contribution in [3.05, 3.63) is 76.0 Å². The van der Waals surface area contributed by atoms with Crippen molar-refractivity contribution in [1.82, 2.24) is 9.78 Å². The summed E-state index contributed by atoms with van der Waals surface area (Å²) >= 11 is 12.3. The number of hydrogen-bond donors (Lipinski definition) is 1. The second kappa shape index (κ2) is 14.0. The summed E-state index contributed by atoms with van der Waals surface area (Å²) in [6.07, 6.45) is 1.40. The van der Waals surface area contributed by atoms with Crippen molar-refractivity contribution in [2.75, 3.05) is 5.32 Å². The van der Waals surface area contributed by atoms with Crippen molar-refractivity contribution in [2.45, 2.75) is 92.7 Å². The molecule has 0 unspecified atom stereocenters. The van der Waals surface area contributed by atoms with Crippen molar-refractivity contribution < 1.29 is 19.0 Å². The second-order valence-corrected chi connectivity index (χ2v) is 11.8. The van der Waals surface area contributed by atoms with E-state index < -0.39 is 15.6 Å². The first kappa shape index (κ1) is 34.6. The Morgan fingerprint density at radius 1 is 1.05 bits per heavy atom. The van der Waals surface area contributed by atoms with Crippen molar-refractivity contribution in [3.8, 4) is 11.4 Å². The van der Waals surface area contributed by atoms with Crippen LogP contribution in [0.15, 0.2) is 27.4 Å². The maximum atomic E-state index is 12.1. The molecule has 0 aliphatic heterocycles. The number of benzene rings is 2. The molecular formula is C28H37Cl2N5O7. The van der Waals surface area contributed by atoms with E-state index in [9.17, 15) is 25.0 Å². The van der Waals surface area contributed by atoms with Gasteiger partial charge in [0.2, 0.25) is 5.89 Å². The highest BCUT2D eigenvalue weighted by molar-refractivity contribution is 6.36. The molecule has 14 heteroatoms. The quantitative estimate of drug-likeness (QED) is 0.184. The normalized spacial score (nSPS) is 11.4. The zero-order valence-electron chi connectivity index (χ0n) is 25.2. The molecule has 1 aromatic heterocycles. The smallest absolute Gasteiger partial charge is 0.442 e. The molecule has 0 saturated heterocycles. The highest BCUT2D eigenvalue weighted by Gasteiger charge is 2.30. The molecule has 0 radical (unpaired) electrons. The van der Waals surface area contributed by atoms with E-state index in [1.54, 1.807) is 19.9 Å². The third-order valence-electron chi connectivity index (χ3n) is 6.29. The van der Waals surface area contributed by atoms with Gasteiger partial charge in [-0.25, -0.2) is 4.79 Å². The van der Waals surface area contributed by atoms with Gasteiger partial charge in [-0.05, 0) is 52.2 Å². The zero-order valence-corrected chi connectivity index (χ0v) is 26.7.